The maximum atomic E-state index is 14.7. The first-order chi connectivity index (χ1) is 15.0. The predicted octanol–water partition coefficient (Wildman–Crippen LogP) is 5.67. The lowest BCUT2D eigenvalue weighted by atomic mass is 9.83. The van der Waals surface area contributed by atoms with Gasteiger partial charge in [0.05, 0.1) is 0 Å². The zero-order valence-electron chi connectivity index (χ0n) is 19.4. The van der Waals surface area contributed by atoms with Crippen molar-refractivity contribution in [2.75, 3.05) is 5.32 Å². The average molecular weight is 434 g/mol. The van der Waals surface area contributed by atoms with E-state index in [1.165, 1.54) is 0 Å². The van der Waals surface area contributed by atoms with Gasteiger partial charge in [-0.2, -0.15) is 0 Å². The van der Waals surface area contributed by atoms with Crippen LogP contribution in [-0.4, -0.2) is 16.4 Å². The molecule has 1 aromatic carbocycles. The van der Waals surface area contributed by atoms with E-state index in [1.807, 2.05) is 13.0 Å². The Kier molecular flexibility index (Phi) is 6.74. The topological polar surface area (TPSA) is 54.0 Å². The number of carbonyl (C=O) groups excluding carboxylic acids is 1. The highest BCUT2D eigenvalue weighted by molar-refractivity contribution is 5.94. The van der Waals surface area contributed by atoms with Crippen molar-refractivity contribution >= 4 is 11.6 Å². The maximum Gasteiger partial charge on any atom is 0.271 e. The molecule has 0 radical (unpaired) electrons. The Balaban J connectivity index is 1.69. The number of aryl methyl sites for hydroxylation is 1. The SMILES string of the molecule is C#CC1(NC(=O)c2cc(NC(=C)Cc3cc(C)c(C(C)(C)C)cc3F)ccn2)CCCC1. The summed E-state index contributed by atoms with van der Waals surface area (Å²) in [4.78, 5) is 16.9. The molecular weight excluding hydrogens is 401 g/mol. The fourth-order valence-corrected chi connectivity index (χ4v) is 4.36. The Morgan fingerprint density at radius 1 is 1.28 bits per heavy atom. The van der Waals surface area contributed by atoms with E-state index >= 15 is 0 Å². The Morgan fingerprint density at radius 3 is 2.59 bits per heavy atom. The van der Waals surface area contributed by atoms with Crippen LogP contribution in [0.25, 0.3) is 0 Å². The highest BCUT2D eigenvalue weighted by atomic mass is 19.1. The number of allylic oxidation sites excluding steroid dienone is 1. The van der Waals surface area contributed by atoms with E-state index in [0.29, 0.717) is 23.4 Å². The number of hydrogen-bond acceptors (Lipinski definition) is 3. The third-order valence-corrected chi connectivity index (χ3v) is 6.01. The summed E-state index contributed by atoms with van der Waals surface area (Å²) in [6.45, 7) is 12.3. The van der Waals surface area contributed by atoms with Crippen LogP contribution in [0.15, 0.2) is 42.7 Å². The van der Waals surface area contributed by atoms with Crippen LogP contribution in [0, 0.1) is 25.1 Å². The lowest BCUT2D eigenvalue weighted by Gasteiger charge is -2.24. The molecule has 0 saturated heterocycles. The van der Waals surface area contributed by atoms with Crippen molar-refractivity contribution < 1.29 is 9.18 Å². The second kappa shape index (κ2) is 9.16. The van der Waals surface area contributed by atoms with Gasteiger partial charge in [-0.3, -0.25) is 9.78 Å². The molecule has 0 spiro atoms. The predicted molar refractivity (Wildman–Crippen MR) is 128 cm³/mol. The third kappa shape index (κ3) is 5.37. The molecule has 4 nitrogen and oxygen atoms in total. The van der Waals surface area contributed by atoms with Crippen LogP contribution in [0.2, 0.25) is 0 Å². The van der Waals surface area contributed by atoms with E-state index in [2.05, 4.69) is 48.9 Å². The minimum absolute atomic E-state index is 0.122. The number of nitrogens with zero attached hydrogens (tertiary/aromatic N) is 1. The van der Waals surface area contributed by atoms with Crippen molar-refractivity contribution in [3.8, 4) is 12.3 Å². The van der Waals surface area contributed by atoms with Gasteiger partial charge in [0.25, 0.3) is 5.91 Å². The van der Waals surface area contributed by atoms with Crippen molar-refractivity contribution in [3.63, 3.8) is 0 Å². The van der Waals surface area contributed by atoms with Gasteiger partial charge < -0.3 is 10.6 Å². The summed E-state index contributed by atoms with van der Waals surface area (Å²) in [5, 5.41) is 6.15. The lowest BCUT2D eigenvalue weighted by molar-refractivity contribution is 0.0916. The molecule has 0 atom stereocenters. The molecule has 168 valence electrons. The molecule has 0 unspecified atom stereocenters. The summed E-state index contributed by atoms with van der Waals surface area (Å²) < 4.78 is 14.7. The van der Waals surface area contributed by atoms with Gasteiger partial charge in [-0.1, -0.05) is 39.3 Å². The summed E-state index contributed by atoms with van der Waals surface area (Å²) in [6, 6.07) is 6.91. The van der Waals surface area contributed by atoms with Crippen LogP contribution >= 0.6 is 0 Å². The Morgan fingerprint density at radius 2 is 1.97 bits per heavy atom. The van der Waals surface area contributed by atoms with E-state index in [1.54, 1.807) is 24.4 Å². The number of hydrogen-bond donors (Lipinski definition) is 2. The van der Waals surface area contributed by atoms with Crippen LogP contribution in [0.1, 0.15) is 73.6 Å². The summed E-state index contributed by atoms with van der Waals surface area (Å²) >= 11 is 0. The first-order valence-corrected chi connectivity index (χ1v) is 11.0. The Labute approximate surface area is 190 Å². The van der Waals surface area contributed by atoms with E-state index in [-0.39, 0.29) is 22.8 Å². The molecule has 1 fully saturated rings. The number of terminal acetylenes is 1. The van der Waals surface area contributed by atoms with Crippen molar-refractivity contribution in [1.82, 2.24) is 10.3 Å². The van der Waals surface area contributed by atoms with Gasteiger partial charge in [0.2, 0.25) is 0 Å². The monoisotopic (exact) mass is 433 g/mol. The molecule has 1 amide bonds. The maximum absolute atomic E-state index is 14.7. The highest BCUT2D eigenvalue weighted by Crippen LogP contribution is 2.30. The smallest absolute Gasteiger partial charge is 0.271 e. The molecule has 1 aliphatic carbocycles. The number of benzene rings is 1. The molecule has 1 aliphatic rings. The standard InChI is InChI=1S/C27H32FN3O/c1-7-27(11-8-9-12-27)31-25(32)24-16-21(10-13-29-24)30-19(3)15-20-14-18(2)22(17-23(20)28)26(4,5)6/h1,10,13-14,16-17H,3,8-9,11-12,15H2,2,4-6H3,(H,29,30)(H,31,32). The minimum Gasteiger partial charge on any atom is -0.359 e. The van der Waals surface area contributed by atoms with Crippen molar-refractivity contribution in [3.05, 3.63) is 70.9 Å². The zero-order chi connectivity index (χ0) is 23.5. The molecule has 1 heterocycles. The molecule has 1 saturated carbocycles. The van der Waals surface area contributed by atoms with Crippen LogP contribution in [0.4, 0.5) is 10.1 Å². The fraction of sp³-hybridized carbons (Fsp3) is 0.407. The average Bonchev–Trinajstić information content (AvgIpc) is 3.18. The van der Waals surface area contributed by atoms with Crippen molar-refractivity contribution in [2.45, 2.75) is 70.8 Å². The zero-order valence-corrected chi connectivity index (χ0v) is 19.4. The molecule has 0 aliphatic heterocycles. The van der Waals surface area contributed by atoms with E-state index < -0.39 is 5.54 Å². The second-order valence-corrected chi connectivity index (χ2v) is 9.73. The number of nitrogens with one attached hydrogen (secondary N) is 2. The molecule has 1 aromatic heterocycles. The van der Waals surface area contributed by atoms with Crippen LogP contribution in [0.5, 0.6) is 0 Å². The van der Waals surface area contributed by atoms with Gasteiger partial charge >= 0.3 is 0 Å². The third-order valence-electron chi connectivity index (χ3n) is 6.01. The van der Waals surface area contributed by atoms with Crippen LogP contribution in [0.3, 0.4) is 0 Å². The number of aromatic nitrogens is 1. The van der Waals surface area contributed by atoms with E-state index in [9.17, 15) is 9.18 Å². The Bertz CT molecular complexity index is 1070. The normalized spacial score (nSPS) is 15.1. The molecule has 3 rings (SSSR count). The Hall–Kier alpha value is -3.13. The quantitative estimate of drug-likeness (QED) is 0.577. The minimum atomic E-state index is -0.583. The number of pyridine rings is 1. The molecule has 0 bridgehead atoms. The number of halogens is 1. The molecular formula is C27H32FN3O. The molecule has 5 heteroatoms. The number of anilines is 1. The fourth-order valence-electron chi connectivity index (χ4n) is 4.36. The highest BCUT2D eigenvalue weighted by Gasteiger charge is 2.33. The summed E-state index contributed by atoms with van der Waals surface area (Å²) in [6.07, 6.45) is 11.1. The summed E-state index contributed by atoms with van der Waals surface area (Å²) in [5.41, 5.74) is 3.50. The summed E-state index contributed by atoms with van der Waals surface area (Å²) in [7, 11) is 0. The van der Waals surface area contributed by atoms with Crippen molar-refractivity contribution in [2.24, 2.45) is 0 Å². The van der Waals surface area contributed by atoms with Gasteiger partial charge in [-0.25, -0.2) is 4.39 Å². The molecule has 2 N–H and O–H groups in total. The van der Waals surface area contributed by atoms with E-state index in [4.69, 9.17) is 6.42 Å². The van der Waals surface area contributed by atoms with Gasteiger partial charge in [-0.05, 0) is 72.9 Å². The van der Waals surface area contributed by atoms with Gasteiger partial charge in [0.1, 0.15) is 17.1 Å². The number of amides is 1. The van der Waals surface area contributed by atoms with Crippen LogP contribution in [-0.2, 0) is 11.8 Å². The summed E-state index contributed by atoms with van der Waals surface area (Å²) in [5.74, 6) is 2.22. The van der Waals surface area contributed by atoms with Crippen molar-refractivity contribution in [1.29, 1.82) is 0 Å². The number of carbonyl (C=O) groups is 1. The van der Waals surface area contributed by atoms with Crippen LogP contribution < -0.4 is 10.6 Å². The van der Waals surface area contributed by atoms with Gasteiger partial charge in [0, 0.05) is 24.0 Å². The number of rotatable bonds is 6. The largest absolute Gasteiger partial charge is 0.359 e. The first kappa shape index (κ1) is 23.5. The molecule has 32 heavy (non-hydrogen) atoms. The van der Waals surface area contributed by atoms with Gasteiger partial charge in [-0.15, -0.1) is 6.42 Å². The first-order valence-electron chi connectivity index (χ1n) is 11.0. The lowest BCUT2D eigenvalue weighted by Crippen LogP contribution is -2.45. The van der Waals surface area contributed by atoms with Gasteiger partial charge in [0.15, 0.2) is 0 Å². The molecule has 2 aromatic rings. The second-order valence-electron chi connectivity index (χ2n) is 9.73. The van der Waals surface area contributed by atoms with E-state index in [0.717, 1.165) is 36.8 Å².